The van der Waals surface area contributed by atoms with Gasteiger partial charge in [-0.2, -0.15) is 5.10 Å². The zero-order chi connectivity index (χ0) is 12.3. The molecule has 1 aliphatic rings. The molecule has 1 aromatic rings. The lowest BCUT2D eigenvalue weighted by Crippen LogP contribution is -2.41. The maximum atomic E-state index is 4.30. The Morgan fingerprint density at radius 3 is 3.00 bits per heavy atom. The second-order valence-electron chi connectivity index (χ2n) is 5.19. The molecule has 1 saturated heterocycles. The number of nitrogens with zero attached hydrogens (tertiary/aromatic N) is 4. The summed E-state index contributed by atoms with van der Waals surface area (Å²) in [7, 11) is 1.96. The van der Waals surface area contributed by atoms with Crippen LogP contribution in [0.2, 0.25) is 0 Å². The Morgan fingerprint density at radius 2 is 2.35 bits per heavy atom. The standard InChI is InChI=1S/C12H23N5/c1-10(2)11-7-17(6-4-5-13-11)8-12-14-9-15-16(12)3/h9-11,13H,4-8H2,1-3H3. The number of rotatable bonds is 3. The Labute approximate surface area is 103 Å². The summed E-state index contributed by atoms with van der Waals surface area (Å²) < 4.78 is 1.86. The van der Waals surface area contributed by atoms with E-state index in [1.807, 2.05) is 11.7 Å². The van der Waals surface area contributed by atoms with Crippen molar-refractivity contribution in [1.29, 1.82) is 0 Å². The van der Waals surface area contributed by atoms with Crippen molar-refractivity contribution in [3.63, 3.8) is 0 Å². The van der Waals surface area contributed by atoms with E-state index >= 15 is 0 Å². The molecule has 5 nitrogen and oxygen atoms in total. The van der Waals surface area contributed by atoms with Gasteiger partial charge in [-0.1, -0.05) is 13.8 Å². The molecule has 0 aromatic carbocycles. The van der Waals surface area contributed by atoms with E-state index in [1.165, 1.54) is 6.42 Å². The molecule has 2 rings (SSSR count). The highest BCUT2D eigenvalue weighted by Crippen LogP contribution is 2.10. The lowest BCUT2D eigenvalue weighted by molar-refractivity contribution is 0.231. The summed E-state index contributed by atoms with van der Waals surface area (Å²) in [6.45, 7) is 8.83. The monoisotopic (exact) mass is 237 g/mol. The molecule has 1 aliphatic heterocycles. The molecule has 1 unspecified atom stereocenters. The molecule has 0 spiro atoms. The molecule has 0 radical (unpaired) electrons. The van der Waals surface area contributed by atoms with Crippen LogP contribution in [0.5, 0.6) is 0 Å². The Kier molecular flexibility index (Phi) is 4.12. The van der Waals surface area contributed by atoms with Crippen molar-refractivity contribution in [2.45, 2.75) is 32.9 Å². The highest BCUT2D eigenvalue weighted by atomic mass is 15.3. The summed E-state index contributed by atoms with van der Waals surface area (Å²) in [5.41, 5.74) is 0. The number of nitrogens with one attached hydrogen (secondary N) is 1. The predicted molar refractivity (Wildman–Crippen MR) is 67.5 cm³/mol. The molecule has 1 N–H and O–H groups in total. The summed E-state index contributed by atoms with van der Waals surface area (Å²) in [6.07, 6.45) is 2.84. The van der Waals surface area contributed by atoms with E-state index in [0.29, 0.717) is 12.0 Å². The van der Waals surface area contributed by atoms with Crippen molar-refractivity contribution in [1.82, 2.24) is 25.0 Å². The van der Waals surface area contributed by atoms with E-state index in [4.69, 9.17) is 0 Å². The topological polar surface area (TPSA) is 46.0 Å². The highest BCUT2D eigenvalue weighted by Gasteiger charge is 2.21. The molecular formula is C12H23N5. The molecule has 1 atom stereocenters. The van der Waals surface area contributed by atoms with Crippen molar-refractivity contribution < 1.29 is 0 Å². The number of hydrogen-bond donors (Lipinski definition) is 1. The van der Waals surface area contributed by atoms with Crippen molar-refractivity contribution in [3.8, 4) is 0 Å². The zero-order valence-corrected chi connectivity index (χ0v) is 11.1. The van der Waals surface area contributed by atoms with Crippen molar-refractivity contribution in [3.05, 3.63) is 12.2 Å². The Balaban J connectivity index is 1.97. The van der Waals surface area contributed by atoms with Gasteiger partial charge >= 0.3 is 0 Å². The van der Waals surface area contributed by atoms with Crippen LogP contribution in [0.25, 0.3) is 0 Å². The number of aryl methyl sites for hydroxylation is 1. The van der Waals surface area contributed by atoms with Crippen LogP contribution in [-0.2, 0) is 13.6 Å². The second-order valence-corrected chi connectivity index (χ2v) is 5.19. The van der Waals surface area contributed by atoms with Crippen LogP contribution in [0.1, 0.15) is 26.1 Å². The minimum atomic E-state index is 0.589. The van der Waals surface area contributed by atoms with E-state index in [-0.39, 0.29) is 0 Å². The van der Waals surface area contributed by atoms with Crippen LogP contribution in [0.3, 0.4) is 0 Å². The third-order valence-electron chi connectivity index (χ3n) is 3.49. The van der Waals surface area contributed by atoms with Gasteiger partial charge in [-0.05, 0) is 25.4 Å². The molecule has 5 heteroatoms. The molecule has 1 aromatic heterocycles. The Hall–Kier alpha value is -0.940. The third-order valence-corrected chi connectivity index (χ3v) is 3.49. The lowest BCUT2D eigenvalue weighted by atomic mass is 10.0. The van der Waals surface area contributed by atoms with E-state index in [2.05, 4.69) is 34.1 Å². The quantitative estimate of drug-likeness (QED) is 0.838. The van der Waals surface area contributed by atoms with Crippen LogP contribution in [0.4, 0.5) is 0 Å². The second kappa shape index (κ2) is 5.60. The molecule has 0 amide bonds. The first-order valence-electron chi connectivity index (χ1n) is 6.45. The van der Waals surface area contributed by atoms with Crippen molar-refractivity contribution in [2.24, 2.45) is 13.0 Å². The first-order chi connectivity index (χ1) is 8.16. The van der Waals surface area contributed by atoms with Crippen LogP contribution in [0.15, 0.2) is 6.33 Å². The molecule has 0 aliphatic carbocycles. The van der Waals surface area contributed by atoms with Crippen molar-refractivity contribution in [2.75, 3.05) is 19.6 Å². The van der Waals surface area contributed by atoms with E-state index in [1.54, 1.807) is 6.33 Å². The van der Waals surface area contributed by atoms with Gasteiger partial charge in [0.25, 0.3) is 0 Å². The SMILES string of the molecule is CC(C)C1CN(Cc2ncnn2C)CCCN1. The molecular weight excluding hydrogens is 214 g/mol. The summed E-state index contributed by atoms with van der Waals surface area (Å²) in [4.78, 5) is 6.78. The van der Waals surface area contributed by atoms with Crippen LogP contribution >= 0.6 is 0 Å². The van der Waals surface area contributed by atoms with Gasteiger partial charge in [0.05, 0.1) is 6.54 Å². The average molecular weight is 237 g/mol. The Morgan fingerprint density at radius 1 is 1.53 bits per heavy atom. The van der Waals surface area contributed by atoms with Crippen LogP contribution < -0.4 is 5.32 Å². The molecule has 2 heterocycles. The maximum absolute atomic E-state index is 4.30. The van der Waals surface area contributed by atoms with Crippen LogP contribution in [-0.4, -0.2) is 45.3 Å². The van der Waals surface area contributed by atoms with Gasteiger partial charge in [0.2, 0.25) is 0 Å². The van der Waals surface area contributed by atoms with E-state index < -0.39 is 0 Å². The normalized spacial score (nSPS) is 22.9. The summed E-state index contributed by atoms with van der Waals surface area (Å²) >= 11 is 0. The smallest absolute Gasteiger partial charge is 0.140 e. The summed E-state index contributed by atoms with van der Waals surface area (Å²) in [5.74, 6) is 1.73. The summed E-state index contributed by atoms with van der Waals surface area (Å²) in [6, 6.07) is 0.589. The van der Waals surface area contributed by atoms with Gasteiger partial charge < -0.3 is 5.32 Å². The fourth-order valence-corrected chi connectivity index (χ4v) is 2.28. The fourth-order valence-electron chi connectivity index (χ4n) is 2.28. The summed E-state index contributed by atoms with van der Waals surface area (Å²) in [5, 5.41) is 7.74. The molecule has 17 heavy (non-hydrogen) atoms. The largest absolute Gasteiger partial charge is 0.312 e. The van der Waals surface area contributed by atoms with Gasteiger partial charge in [-0.25, -0.2) is 4.98 Å². The molecule has 1 fully saturated rings. The lowest BCUT2D eigenvalue weighted by Gasteiger charge is -2.26. The zero-order valence-electron chi connectivity index (χ0n) is 11.1. The maximum Gasteiger partial charge on any atom is 0.140 e. The van der Waals surface area contributed by atoms with Gasteiger partial charge in [0.1, 0.15) is 12.2 Å². The van der Waals surface area contributed by atoms with Gasteiger partial charge in [0.15, 0.2) is 0 Å². The minimum Gasteiger partial charge on any atom is -0.312 e. The van der Waals surface area contributed by atoms with E-state index in [0.717, 1.165) is 32.0 Å². The van der Waals surface area contributed by atoms with Gasteiger partial charge in [-0.3, -0.25) is 9.58 Å². The van der Waals surface area contributed by atoms with Crippen LogP contribution in [0, 0.1) is 5.92 Å². The highest BCUT2D eigenvalue weighted by molar-refractivity contribution is 4.86. The molecule has 96 valence electrons. The molecule has 0 saturated carbocycles. The predicted octanol–water partition coefficient (Wildman–Crippen LogP) is 0.635. The number of hydrogen-bond acceptors (Lipinski definition) is 4. The van der Waals surface area contributed by atoms with Gasteiger partial charge in [0, 0.05) is 19.6 Å². The first kappa shape index (κ1) is 12.5. The minimum absolute atomic E-state index is 0.589. The molecule has 0 bridgehead atoms. The first-order valence-corrected chi connectivity index (χ1v) is 6.45. The Bertz CT molecular complexity index is 346. The third kappa shape index (κ3) is 3.26. The van der Waals surface area contributed by atoms with Crippen molar-refractivity contribution >= 4 is 0 Å². The average Bonchev–Trinajstić information content (AvgIpc) is 2.55. The number of aromatic nitrogens is 3. The fraction of sp³-hybridized carbons (Fsp3) is 0.833. The van der Waals surface area contributed by atoms with Gasteiger partial charge in [-0.15, -0.1) is 0 Å². The van der Waals surface area contributed by atoms with E-state index in [9.17, 15) is 0 Å².